The first-order chi connectivity index (χ1) is 12.6. The van der Waals surface area contributed by atoms with Gasteiger partial charge >= 0.3 is 17.5 Å². The van der Waals surface area contributed by atoms with E-state index < -0.39 is 17.5 Å². The molecule has 0 aliphatic carbocycles. The second kappa shape index (κ2) is 8.86. The van der Waals surface area contributed by atoms with Gasteiger partial charge in [0.05, 0.1) is 19.3 Å². The number of hydrogen-bond acceptors (Lipinski definition) is 6. The van der Waals surface area contributed by atoms with E-state index >= 15 is 0 Å². The summed E-state index contributed by atoms with van der Waals surface area (Å²) in [7, 11) is 0. The van der Waals surface area contributed by atoms with Crippen LogP contribution in [0.15, 0.2) is 42.5 Å². The molecule has 0 amide bonds. The Morgan fingerprint density at radius 1 is 1.00 bits per heavy atom. The van der Waals surface area contributed by atoms with Crippen LogP contribution in [-0.4, -0.2) is 30.8 Å². The third-order valence-electron chi connectivity index (χ3n) is 3.83. The maximum atomic E-state index is 12.7. The Hall–Kier alpha value is -3.07. The lowest BCUT2D eigenvalue weighted by Crippen LogP contribution is -2.53. The van der Waals surface area contributed by atoms with Gasteiger partial charge in [0, 0.05) is 18.2 Å². The number of carbonyl (C=O) groups is 2. The molecule has 0 atom stereocenters. The zero-order valence-corrected chi connectivity index (χ0v) is 14.9. The van der Waals surface area contributed by atoms with E-state index in [1.807, 2.05) is 36.4 Å². The van der Waals surface area contributed by atoms with Gasteiger partial charge in [0.25, 0.3) is 0 Å². The predicted octanol–water partition coefficient (Wildman–Crippen LogP) is 3.39. The molecule has 2 rings (SSSR count). The summed E-state index contributed by atoms with van der Waals surface area (Å²) in [6.45, 7) is 3.42. The number of ether oxygens (including phenoxy) is 3. The highest BCUT2D eigenvalue weighted by molar-refractivity contribution is 6.04. The molecule has 6 nitrogen and oxygen atoms in total. The molecule has 0 bridgehead atoms. The molecular weight excluding hydrogens is 334 g/mol. The van der Waals surface area contributed by atoms with Crippen molar-refractivity contribution in [3.8, 4) is 11.8 Å². The van der Waals surface area contributed by atoms with E-state index in [0.717, 1.165) is 10.8 Å². The summed E-state index contributed by atoms with van der Waals surface area (Å²) in [6.07, 6.45) is -0.229. The molecule has 136 valence electrons. The molecule has 0 aliphatic heterocycles. The molecule has 2 aromatic rings. The lowest BCUT2D eigenvalue weighted by atomic mass is 9.97. The fraction of sp³-hybridized carbons (Fsp3) is 0.350. The summed E-state index contributed by atoms with van der Waals surface area (Å²) in [5.41, 5.74) is -2.02. The Bertz CT molecular complexity index is 801. The number of benzene rings is 2. The van der Waals surface area contributed by atoms with E-state index in [4.69, 9.17) is 19.5 Å². The third-order valence-corrected chi connectivity index (χ3v) is 3.83. The van der Waals surface area contributed by atoms with Gasteiger partial charge in [-0.15, -0.1) is 0 Å². The predicted molar refractivity (Wildman–Crippen MR) is 95.4 cm³/mol. The first-order valence-electron chi connectivity index (χ1n) is 8.47. The smallest absolute Gasteiger partial charge is 0.362 e. The molecule has 0 N–H and O–H groups in total. The fourth-order valence-corrected chi connectivity index (χ4v) is 2.62. The summed E-state index contributed by atoms with van der Waals surface area (Å²) >= 11 is 0. The Morgan fingerprint density at radius 2 is 1.62 bits per heavy atom. The SMILES string of the molecule is CCOC(=O)C(CCC#N)(Oc1cccc2ccccc12)C(=O)OCC. The van der Waals surface area contributed by atoms with Gasteiger partial charge in [-0.05, 0) is 25.3 Å². The Kier molecular flexibility index (Phi) is 6.56. The number of hydrogen-bond donors (Lipinski definition) is 0. The number of nitrogens with zero attached hydrogens (tertiary/aromatic N) is 1. The minimum atomic E-state index is -2.02. The van der Waals surface area contributed by atoms with E-state index in [2.05, 4.69) is 0 Å². The van der Waals surface area contributed by atoms with Crippen molar-refractivity contribution in [3.63, 3.8) is 0 Å². The molecule has 0 spiro atoms. The van der Waals surface area contributed by atoms with Crippen LogP contribution in [0, 0.1) is 11.3 Å². The summed E-state index contributed by atoms with van der Waals surface area (Å²) in [6, 6.07) is 14.7. The highest BCUT2D eigenvalue weighted by Crippen LogP contribution is 2.32. The van der Waals surface area contributed by atoms with Gasteiger partial charge < -0.3 is 14.2 Å². The second-order valence-corrected chi connectivity index (χ2v) is 5.51. The van der Waals surface area contributed by atoms with E-state index in [9.17, 15) is 9.59 Å². The van der Waals surface area contributed by atoms with Gasteiger partial charge in [-0.2, -0.15) is 5.26 Å². The Morgan fingerprint density at radius 3 is 2.23 bits per heavy atom. The zero-order chi connectivity index (χ0) is 19.0. The van der Waals surface area contributed by atoms with Crippen LogP contribution in [0.5, 0.6) is 5.75 Å². The van der Waals surface area contributed by atoms with Crippen molar-refractivity contribution in [1.29, 1.82) is 5.26 Å². The number of carbonyl (C=O) groups excluding carboxylic acids is 2. The van der Waals surface area contributed by atoms with Crippen molar-refractivity contribution in [2.45, 2.75) is 32.3 Å². The van der Waals surface area contributed by atoms with Crippen LogP contribution in [0.3, 0.4) is 0 Å². The van der Waals surface area contributed by atoms with Gasteiger partial charge in [0.15, 0.2) is 0 Å². The minimum absolute atomic E-state index is 0.0671. The van der Waals surface area contributed by atoms with Crippen LogP contribution < -0.4 is 4.74 Å². The van der Waals surface area contributed by atoms with Crippen LogP contribution in [0.4, 0.5) is 0 Å². The van der Waals surface area contributed by atoms with Crippen molar-refractivity contribution in [1.82, 2.24) is 0 Å². The monoisotopic (exact) mass is 355 g/mol. The molecule has 0 aliphatic rings. The first-order valence-corrected chi connectivity index (χ1v) is 8.47. The van der Waals surface area contributed by atoms with Gasteiger partial charge in [-0.1, -0.05) is 36.4 Å². The minimum Gasteiger partial charge on any atom is -0.463 e. The van der Waals surface area contributed by atoms with Gasteiger partial charge in [-0.25, -0.2) is 9.59 Å². The molecule has 6 heteroatoms. The van der Waals surface area contributed by atoms with Gasteiger partial charge in [-0.3, -0.25) is 0 Å². The van der Waals surface area contributed by atoms with Crippen molar-refractivity contribution < 1.29 is 23.8 Å². The van der Waals surface area contributed by atoms with Crippen molar-refractivity contribution >= 4 is 22.7 Å². The van der Waals surface area contributed by atoms with Gasteiger partial charge in [0.1, 0.15) is 5.75 Å². The van der Waals surface area contributed by atoms with E-state index in [-0.39, 0.29) is 26.1 Å². The van der Waals surface area contributed by atoms with Crippen molar-refractivity contribution in [3.05, 3.63) is 42.5 Å². The fourth-order valence-electron chi connectivity index (χ4n) is 2.62. The molecule has 0 saturated heterocycles. The molecule has 26 heavy (non-hydrogen) atoms. The third kappa shape index (κ3) is 3.94. The molecule has 0 heterocycles. The second-order valence-electron chi connectivity index (χ2n) is 5.51. The zero-order valence-electron chi connectivity index (χ0n) is 14.9. The Labute approximate surface area is 152 Å². The molecule has 0 aromatic heterocycles. The highest BCUT2D eigenvalue weighted by Gasteiger charge is 2.51. The lowest BCUT2D eigenvalue weighted by molar-refractivity contribution is -0.180. The van der Waals surface area contributed by atoms with Crippen LogP contribution in [0.2, 0.25) is 0 Å². The van der Waals surface area contributed by atoms with Crippen LogP contribution in [-0.2, 0) is 19.1 Å². The molecule has 0 fully saturated rings. The van der Waals surface area contributed by atoms with Crippen molar-refractivity contribution in [2.24, 2.45) is 0 Å². The maximum Gasteiger partial charge on any atom is 0.362 e. The average Bonchev–Trinajstić information content (AvgIpc) is 2.65. The number of rotatable bonds is 8. The van der Waals surface area contributed by atoms with E-state index in [1.54, 1.807) is 26.0 Å². The molecular formula is C20H21NO5. The normalized spacial score (nSPS) is 10.8. The largest absolute Gasteiger partial charge is 0.463 e. The Balaban J connectivity index is 2.55. The maximum absolute atomic E-state index is 12.7. The quantitative estimate of drug-likeness (QED) is 0.533. The molecule has 0 saturated carbocycles. The summed E-state index contributed by atoms with van der Waals surface area (Å²) in [4.78, 5) is 25.3. The summed E-state index contributed by atoms with van der Waals surface area (Å²) in [5, 5.41) is 10.6. The topological polar surface area (TPSA) is 85.6 Å². The average molecular weight is 355 g/mol. The van der Waals surface area contributed by atoms with E-state index in [0.29, 0.717) is 5.75 Å². The highest BCUT2D eigenvalue weighted by atomic mass is 16.6. The summed E-state index contributed by atoms with van der Waals surface area (Å²) < 4.78 is 16.1. The van der Waals surface area contributed by atoms with Crippen molar-refractivity contribution in [2.75, 3.05) is 13.2 Å². The standard InChI is InChI=1S/C20H21NO5/c1-3-24-18(22)20(13-8-14-21,19(23)25-4-2)26-17-12-7-10-15-9-5-6-11-16(15)17/h5-7,9-12H,3-4,8,13H2,1-2H3. The van der Waals surface area contributed by atoms with E-state index in [1.165, 1.54) is 0 Å². The molecule has 0 radical (unpaired) electrons. The lowest BCUT2D eigenvalue weighted by Gasteiger charge is -2.29. The van der Waals surface area contributed by atoms with Crippen LogP contribution >= 0.6 is 0 Å². The first kappa shape index (κ1) is 19.3. The number of nitriles is 1. The van der Waals surface area contributed by atoms with Crippen LogP contribution in [0.25, 0.3) is 10.8 Å². The number of fused-ring (bicyclic) bond motifs is 1. The molecule has 0 unspecified atom stereocenters. The summed E-state index contributed by atoms with van der Waals surface area (Å²) in [5.74, 6) is -1.37. The number of esters is 2. The van der Waals surface area contributed by atoms with Gasteiger partial charge in [0.2, 0.25) is 0 Å². The molecule has 2 aromatic carbocycles. The van der Waals surface area contributed by atoms with Crippen LogP contribution in [0.1, 0.15) is 26.7 Å².